The van der Waals surface area contributed by atoms with Gasteiger partial charge in [-0.25, -0.2) is 4.39 Å². The molecule has 0 saturated heterocycles. The molecule has 0 fully saturated rings. The number of allylic oxidation sites excluding steroid dienone is 1. The minimum absolute atomic E-state index is 0.0335. The molecule has 2 aromatic rings. The number of anilines is 1. The van der Waals surface area contributed by atoms with Crippen molar-refractivity contribution in [3.05, 3.63) is 69.5 Å². The van der Waals surface area contributed by atoms with E-state index in [1.54, 1.807) is 18.2 Å². The molecule has 0 spiro atoms. The number of hydrogen-bond acceptors (Lipinski definition) is 5. The van der Waals surface area contributed by atoms with Crippen molar-refractivity contribution in [2.45, 2.75) is 12.3 Å². The summed E-state index contributed by atoms with van der Waals surface area (Å²) in [5.74, 6) is -1.02. The van der Waals surface area contributed by atoms with Crippen LogP contribution in [0.1, 0.15) is 17.9 Å². The second-order valence-corrected chi connectivity index (χ2v) is 7.79. The molecule has 2 aromatic carbocycles. The number of rotatable bonds is 6. The van der Waals surface area contributed by atoms with Gasteiger partial charge < -0.3 is 15.4 Å². The van der Waals surface area contributed by atoms with E-state index in [4.69, 9.17) is 16.3 Å². The van der Waals surface area contributed by atoms with Crippen LogP contribution in [0, 0.1) is 17.1 Å². The Morgan fingerprint density at radius 3 is 2.73 bits per heavy atom. The van der Waals surface area contributed by atoms with Crippen LogP contribution in [0.4, 0.5) is 10.1 Å². The molecule has 0 bridgehead atoms. The van der Waals surface area contributed by atoms with Crippen molar-refractivity contribution >= 4 is 40.9 Å². The first-order valence-corrected chi connectivity index (χ1v) is 10.2. The molecule has 0 saturated carbocycles. The average Bonchev–Trinajstić information content (AvgIpc) is 2.73. The molecule has 1 atom stereocenters. The molecule has 3 rings (SSSR count). The summed E-state index contributed by atoms with van der Waals surface area (Å²) in [4.78, 5) is 24.4. The zero-order valence-corrected chi connectivity index (χ0v) is 17.4. The molecule has 1 heterocycles. The van der Waals surface area contributed by atoms with Crippen LogP contribution in [0.3, 0.4) is 0 Å². The van der Waals surface area contributed by atoms with E-state index in [1.165, 1.54) is 31.4 Å². The van der Waals surface area contributed by atoms with Crippen LogP contribution in [-0.2, 0) is 9.59 Å². The Hall–Kier alpha value is -3.02. The number of hydrogen-bond donors (Lipinski definition) is 2. The van der Waals surface area contributed by atoms with Crippen molar-refractivity contribution in [1.29, 1.82) is 5.26 Å². The van der Waals surface area contributed by atoms with Gasteiger partial charge in [0.25, 0.3) is 0 Å². The van der Waals surface area contributed by atoms with Crippen molar-refractivity contribution < 1.29 is 18.7 Å². The third-order valence-electron chi connectivity index (χ3n) is 4.41. The predicted octanol–water partition coefficient (Wildman–Crippen LogP) is 4.20. The Morgan fingerprint density at radius 2 is 2.10 bits per heavy atom. The molecule has 6 nitrogen and oxygen atoms in total. The first kappa shape index (κ1) is 21.7. The molecule has 0 unspecified atom stereocenters. The summed E-state index contributed by atoms with van der Waals surface area (Å²) in [6.07, 6.45) is 0.0946. The number of benzene rings is 2. The maximum absolute atomic E-state index is 13.0. The highest BCUT2D eigenvalue weighted by Crippen LogP contribution is 2.38. The van der Waals surface area contributed by atoms with E-state index in [9.17, 15) is 19.2 Å². The normalized spacial score (nSPS) is 15.9. The molecular formula is C21H17ClFN3O3S. The van der Waals surface area contributed by atoms with Gasteiger partial charge in [-0.15, -0.1) is 0 Å². The summed E-state index contributed by atoms with van der Waals surface area (Å²) in [7, 11) is 1.50. The third kappa shape index (κ3) is 5.12. The minimum Gasteiger partial charge on any atom is -0.495 e. The van der Waals surface area contributed by atoms with Crippen molar-refractivity contribution in [3.8, 4) is 11.8 Å². The number of carbonyl (C=O) groups is 2. The van der Waals surface area contributed by atoms with Crippen molar-refractivity contribution in [1.82, 2.24) is 5.32 Å². The van der Waals surface area contributed by atoms with Gasteiger partial charge in [0.1, 0.15) is 11.6 Å². The summed E-state index contributed by atoms with van der Waals surface area (Å²) in [5, 5.41) is 15.7. The molecule has 1 aliphatic heterocycles. The minimum atomic E-state index is -0.477. The summed E-state index contributed by atoms with van der Waals surface area (Å²) < 4.78 is 18.1. The topological polar surface area (TPSA) is 91.2 Å². The van der Waals surface area contributed by atoms with Crippen LogP contribution in [0.2, 0.25) is 5.02 Å². The van der Waals surface area contributed by atoms with E-state index in [0.717, 1.165) is 11.8 Å². The van der Waals surface area contributed by atoms with E-state index in [1.807, 2.05) is 0 Å². The van der Waals surface area contributed by atoms with Gasteiger partial charge in [0, 0.05) is 18.0 Å². The molecule has 2 amide bonds. The van der Waals surface area contributed by atoms with Gasteiger partial charge >= 0.3 is 0 Å². The lowest BCUT2D eigenvalue weighted by molar-refractivity contribution is -0.121. The fourth-order valence-corrected chi connectivity index (χ4v) is 4.13. The van der Waals surface area contributed by atoms with Crippen molar-refractivity contribution in [2.24, 2.45) is 0 Å². The van der Waals surface area contributed by atoms with E-state index >= 15 is 0 Å². The van der Waals surface area contributed by atoms with Gasteiger partial charge in [0.2, 0.25) is 11.8 Å². The largest absolute Gasteiger partial charge is 0.495 e. The standard InChI is InChI=1S/C21H17ClFN3O3S/c1-29-18-7-2-12(8-17(18)22)15-9-19(27)26-21(16(15)10-24)30-11-20(28)25-14-5-3-13(23)4-6-14/h2-8,15H,9,11H2,1H3,(H,25,28)(H,26,27)/t15-/m0/s1. The SMILES string of the molecule is COc1ccc([C@@H]2CC(=O)NC(SCC(=O)Nc3ccc(F)cc3)=C2C#N)cc1Cl. The molecule has 2 N–H and O–H groups in total. The zero-order chi connectivity index (χ0) is 21.7. The van der Waals surface area contributed by atoms with Gasteiger partial charge in [-0.05, 0) is 42.0 Å². The Balaban J connectivity index is 1.77. The van der Waals surface area contributed by atoms with Crippen LogP contribution in [0.5, 0.6) is 5.75 Å². The highest BCUT2D eigenvalue weighted by molar-refractivity contribution is 8.03. The summed E-state index contributed by atoms with van der Waals surface area (Å²) in [6.45, 7) is 0. The first-order chi connectivity index (χ1) is 14.4. The molecule has 1 aliphatic rings. The van der Waals surface area contributed by atoms with Gasteiger partial charge in [0.15, 0.2) is 0 Å². The lowest BCUT2D eigenvalue weighted by atomic mass is 9.87. The average molecular weight is 446 g/mol. The fourth-order valence-electron chi connectivity index (χ4n) is 2.99. The number of ether oxygens (including phenoxy) is 1. The van der Waals surface area contributed by atoms with Crippen LogP contribution in [0.15, 0.2) is 53.1 Å². The summed E-state index contributed by atoms with van der Waals surface area (Å²) in [5.41, 5.74) is 1.52. The van der Waals surface area contributed by atoms with E-state index in [2.05, 4.69) is 16.7 Å². The van der Waals surface area contributed by atoms with Crippen LogP contribution in [0.25, 0.3) is 0 Å². The third-order valence-corrected chi connectivity index (χ3v) is 5.72. The number of halogens is 2. The number of thioether (sulfide) groups is 1. The van der Waals surface area contributed by atoms with Gasteiger partial charge in [-0.2, -0.15) is 5.26 Å². The highest BCUT2D eigenvalue weighted by Gasteiger charge is 2.30. The number of nitrogens with zero attached hydrogens (tertiary/aromatic N) is 1. The maximum atomic E-state index is 13.0. The maximum Gasteiger partial charge on any atom is 0.234 e. The van der Waals surface area contributed by atoms with Crippen LogP contribution >= 0.6 is 23.4 Å². The predicted molar refractivity (Wildman–Crippen MR) is 114 cm³/mol. The quantitative estimate of drug-likeness (QED) is 0.695. The summed E-state index contributed by atoms with van der Waals surface area (Å²) in [6, 6.07) is 12.6. The molecule has 0 aliphatic carbocycles. The lowest BCUT2D eigenvalue weighted by Crippen LogP contribution is -2.31. The Morgan fingerprint density at radius 1 is 1.37 bits per heavy atom. The van der Waals surface area contributed by atoms with Crippen LogP contribution < -0.4 is 15.4 Å². The number of methoxy groups -OCH3 is 1. The molecular weight excluding hydrogens is 429 g/mol. The highest BCUT2D eigenvalue weighted by atomic mass is 35.5. The summed E-state index contributed by atoms with van der Waals surface area (Å²) >= 11 is 7.25. The Labute approximate surface area is 182 Å². The second kappa shape index (κ2) is 9.65. The Kier molecular flexibility index (Phi) is 6.98. The first-order valence-electron chi connectivity index (χ1n) is 8.87. The molecule has 0 radical (unpaired) electrons. The van der Waals surface area contributed by atoms with Gasteiger partial charge in [-0.1, -0.05) is 29.4 Å². The number of amides is 2. The van der Waals surface area contributed by atoms with Crippen molar-refractivity contribution in [2.75, 3.05) is 18.2 Å². The van der Waals surface area contributed by atoms with E-state index in [-0.39, 0.29) is 24.0 Å². The second-order valence-electron chi connectivity index (χ2n) is 6.40. The number of carbonyl (C=O) groups excluding carboxylic acids is 2. The molecule has 0 aromatic heterocycles. The molecule has 30 heavy (non-hydrogen) atoms. The zero-order valence-electron chi connectivity index (χ0n) is 15.9. The smallest absolute Gasteiger partial charge is 0.234 e. The van der Waals surface area contributed by atoms with E-state index < -0.39 is 11.7 Å². The molecule has 154 valence electrons. The number of nitrogens with one attached hydrogen (secondary N) is 2. The van der Waals surface area contributed by atoms with E-state index in [0.29, 0.717) is 32.6 Å². The molecule has 9 heteroatoms. The van der Waals surface area contributed by atoms with Gasteiger partial charge in [0.05, 0.1) is 34.6 Å². The number of nitriles is 1. The van der Waals surface area contributed by atoms with Gasteiger partial charge in [-0.3, -0.25) is 9.59 Å². The lowest BCUT2D eigenvalue weighted by Gasteiger charge is -2.25. The fraction of sp³-hybridized carbons (Fsp3) is 0.190. The van der Waals surface area contributed by atoms with Crippen molar-refractivity contribution in [3.63, 3.8) is 0 Å². The monoisotopic (exact) mass is 445 g/mol. The Bertz CT molecular complexity index is 1050. The van der Waals surface area contributed by atoms with Crippen LogP contribution in [-0.4, -0.2) is 24.7 Å².